The monoisotopic (exact) mass is 418 g/mol. The minimum Gasteiger partial charge on any atom is -0.463 e. The molecule has 30 heavy (non-hydrogen) atoms. The number of carbonyl (C=O) groups is 3. The van der Waals surface area contributed by atoms with Crippen LogP contribution in [0.15, 0.2) is 0 Å². The Kier molecular flexibility index (Phi) is 5.55. The second kappa shape index (κ2) is 7.63. The van der Waals surface area contributed by atoms with E-state index >= 15 is 0 Å². The van der Waals surface area contributed by atoms with Gasteiger partial charge in [0.15, 0.2) is 0 Å². The Morgan fingerprint density at radius 1 is 1.00 bits per heavy atom. The lowest BCUT2D eigenvalue weighted by molar-refractivity contribution is -0.172. The lowest BCUT2D eigenvalue weighted by Crippen LogP contribution is -2.58. The molecular formula is C25H38O5. The Morgan fingerprint density at radius 3 is 2.40 bits per heavy atom. The van der Waals surface area contributed by atoms with Gasteiger partial charge in [-0.25, -0.2) is 0 Å². The van der Waals surface area contributed by atoms with Crippen LogP contribution in [-0.2, 0) is 23.9 Å². The van der Waals surface area contributed by atoms with Crippen molar-refractivity contribution in [3.63, 3.8) is 0 Å². The van der Waals surface area contributed by atoms with E-state index in [9.17, 15) is 14.4 Å². The predicted octanol–water partition coefficient (Wildman–Crippen LogP) is 4.71. The van der Waals surface area contributed by atoms with E-state index < -0.39 is 0 Å². The zero-order valence-corrected chi connectivity index (χ0v) is 19.2. The van der Waals surface area contributed by atoms with Gasteiger partial charge in [0.2, 0.25) is 0 Å². The second-order valence-electron chi connectivity index (χ2n) is 11.2. The number of ether oxygens (including phenoxy) is 2. The van der Waals surface area contributed by atoms with Crippen molar-refractivity contribution in [1.29, 1.82) is 0 Å². The van der Waals surface area contributed by atoms with E-state index in [0.717, 1.165) is 44.9 Å². The van der Waals surface area contributed by atoms with Gasteiger partial charge in [-0.15, -0.1) is 0 Å². The third-order valence-electron chi connectivity index (χ3n) is 9.62. The van der Waals surface area contributed by atoms with Crippen molar-refractivity contribution in [2.24, 2.45) is 40.4 Å². The molecule has 5 nitrogen and oxygen atoms in total. The molecule has 0 amide bonds. The van der Waals surface area contributed by atoms with E-state index in [1.54, 1.807) is 0 Å². The lowest BCUT2D eigenvalue weighted by Gasteiger charge is -2.60. The average molecular weight is 419 g/mol. The van der Waals surface area contributed by atoms with Crippen LogP contribution >= 0.6 is 0 Å². The summed E-state index contributed by atoms with van der Waals surface area (Å²) >= 11 is 0. The van der Waals surface area contributed by atoms with E-state index in [0.29, 0.717) is 30.0 Å². The molecule has 5 unspecified atom stereocenters. The minimum atomic E-state index is -0.230. The predicted molar refractivity (Wildman–Crippen MR) is 112 cm³/mol. The number of fused-ring (bicyclic) bond motifs is 5. The highest BCUT2D eigenvalue weighted by Crippen LogP contribution is 2.67. The number of hydrogen-bond donors (Lipinski definition) is 0. The molecule has 5 heteroatoms. The average Bonchev–Trinajstić information content (AvgIpc) is 2.97. The van der Waals surface area contributed by atoms with Gasteiger partial charge in [-0.1, -0.05) is 13.8 Å². The highest BCUT2D eigenvalue weighted by molar-refractivity contribution is 5.84. The van der Waals surface area contributed by atoms with Gasteiger partial charge in [0, 0.05) is 32.1 Å². The molecule has 0 N–H and O–H groups in total. The van der Waals surface area contributed by atoms with Crippen molar-refractivity contribution in [2.45, 2.75) is 98.2 Å². The van der Waals surface area contributed by atoms with Crippen LogP contribution in [0.3, 0.4) is 0 Å². The molecule has 4 saturated carbocycles. The Balaban J connectivity index is 1.56. The summed E-state index contributed by atoms with van der Waals surface area (Å²) in [6.07, 6.45) is 7.65. The van der Waals surface area contributed by atoms with E-state index in [1.807, 2.05) is 6.92 Å². The largest absolute Gasteiger partial charge is 0.463 e. The first-order chi connectivity index (χ1) is 14.1. The van der Waals surface area contributed by atoms with Crippen LogP contribution in [0.5, 0.6) is 0 Å². The fourth-order valence-electron chi connectivity index (χ4n) is 8.53. The van der Waals surface area contributed by atoms with Crippen molar-refractivity contribution >= 4 is 17.7 Å². The second-order valence-corrected chi connectivity index (χ2v) is 11.2. The first kappa shape index (κ1) is 21.8. The fraction of sp³-hybridized carbons (Fsp3) is 0.880. The van der Waals surface area contributed by atoms with Crippen LogP contribution in [0.2, 0.25) is 0 Å². The van der Waals surface area contributed by atoms with Crippen molar-refractivity contribution < 1.29 is 23.9 Å². The maximum Gasteiger partial charge on any atom is 0.302 e. The Labute approximate surface area is 180 Å². The number of rotatable bonds is 3. The van der Waals surface area contributed by atoms with Crippen LogP contribution in [0.25, 0.3) is 0 Å². The minimum absolute atomic E-state index is 0.0153. The van der Waals surface area contributed by atoms with Gasteiger partial charge in [-0.2, -0.15) is 0 Å². The maximum absolute atomic E-state index is 13.7. The molecule has 0 aromatic heterocycles. The highest BCUT2D eigenvalue weighted by atomic mass is 16.5. The van der Waals surface area contributed by atoms with Gasteiger partial charge >= 0.3 is 11.9 Å². The smallest absolute Gasteiger partial charge is 0.302 e. The summed E-state index contributed by atoms with van der Waals surface area (Å²) in [7, 11) is 0. The van der Waals surface area contributed by atoms with Crippen LogP contribution in [-0.4, -0.2) is 29.9 Å². The Bertz CT molecular complexity index is 731. The normalized spacial score (nSPS) is 46.2. The SMILES string of the molecule is CC(=O)OC(C)C1CCC2C3CC[C@H]4C[C@H](OC(C)=O)CC[C@]4(C)C3C(=O)C[C@]12C. The fourth-order valence-corrected chi connectivity index (χ4v) is 8.53. The van der Waals surface area contributed by atoms with Gasteiger partial charge in [-0.05, 0) is 80.5 Å². The van der Waals surface area contributed by atoms with Gasteiger partial charge in [0.25, 0.3) is 0 Å². The van der Waals surface area contributed by atoms with Crippen molar-refractivity contribution in [1.82, 2.24) is 0 Å². The van der Waals surface area contributed by atoms with Crippen LogP contribution in [0, 0.1) is 40.4 Å². The number of esters is 2. The number of carbonyl (C=O) groups excluding carboxylic acids is 3. The quantitative estimate of drug-likeness (QED) is 0.621. The topological polar surface area (TPSA) is 69.7 Å². The third kappa shape index (κ3) is 3.40. The maximum atomic E-state index is 13.7. The van der Waals surface area contributed by atoms with E-state index in [1.165, 1.54) is 13.8 Å². The van der Waals surface area contributed by atoms with Gasteiger partial charge in [-0.3, -0.25) is 14.4 Å². The number of hydrogen-bond acceptors (Lipinski definition) is 5. The standard InChI is InChI=1S/C25H38O5/c1-14(29-15(2)26)20-8-9-21-19-7-6-17-12-18(30-16(3)27)10-11-24(17,4)23(19)22(28)13-25(20,21)5/h14,17-21,23H,6-13H2,1-5H3/t14?,17-,18+,19?,20?,21?,23?,24-,25+/m0/s1. The molecule has 0 spiro atoms. The van der Waals surface area contributed by atoms with Crippen LogP contribution < -0.4 is 0 Å². The summed E-state index contributed by atoms with van der Waals surface area (Å²) in [5.41, 5.74) is -0.0389. The molecule has 4 aliphatic rings. The molecule has 0 bridgehead atoms. The van der Waals surface area contributed by atoms with Gasteiger partial charge < -0.3 is 9.47 Å². The summed E-state index contributed by atoms with van der Waals surface area (Å²) in [5, 5.41) is 0. The molecule has 4 rings (SSSR count). The van der Waals surface area contributed by atoms with Crippen LogP contribution in [0.1, 0.15) is 86.0 Å². The number of Topliss-reactive ketones (excluding diaryl/α,β-unsaturated/α-hetero) is 1. The molecule has 4 fully saturated rings. The van der Waals surface area contributed by atoms with Gasteiger partial charge in [0.1, 0.15) is 18.0 Å². The molecule has 0 saturated heterocycles. The molecule has 0 aromatic carbocycles. The molecular weight excluding hydrogens is 380 g/mol. The van der Waals surface area contributed by atoms with E-state index in [-0.39, 0.29) is 46.8 Å². The molecule has 168 valence electrons. The molecule has 0 aliphatic heterocycles. The Hall–Kier alpha value is -1.39. The van der Waals surface area contributed by atoms with Crippen LogP contribution in [0.4, 0.5) is 0 Å². The summed E-state index contributed by atoms with van der Waals surface area (Å²) in [4.78, 5) is 36.7. The first-order valence-corrected chi connectivity index (χ1v) is 11.9. The van der Waals surface area contributed by atoms with Crippen molar-refractivity contribution in [3.8, 4) is 0 Å². The highest BCUT2D eigenvalue weighted by Gasteiger charge is 2.64. The third-order valence-corrected chi connectivity index (χ3v) is 9.62. The summed E-state index contributed by atoms with van der Waals surface area (Å²) in [6.45, 7) is 9.60. The molecule has 9 atom stereocenters. The summed E-state index contributed by atoms with van der Waals surface area (Å²) in [5.74, 6) is 1.84. The lowest BCUT2D eigenvalue weighted by atomic mass is 9.44. The van der Waals surface area contributed by atoms with E-state index in [4.69, 9.17) is 9.47 Å². The molecule has 0 heterocycles. The summed E-state index contributed by atoms with van der Waals surface area (Å²) in [6, 6.07) is 0. The van der Waals surface area contributed by atoms with Crippen molar-refractivity contribution in [3.05, 3.63) is 0 Å². The molecule has 0 radical (unpaired) electrons. The molecule has 4 aliphatic carbocycles. The first-order valence-electron chi connectivity index (χ1n) is 11.9. The molecule has 0 aromatic rings. The van der Waals surface area contributed by atoms with Crippen molar-refractivity contribution in [2.75, 3.05) is 0 Å². The zero-order chi connectivity index (χ0) is 21.8. The Morgan fingerprint density at radius 2 is 1.73 bits per heavy atom. The number of ketones is 1. The van der Waals surface area contributed by atoms with E-state index in [2.05, 4.69) is 13.8 Å². The zero-order valence-electron chi connectivity index (χ0n) is 19.2. The summed E-state index contributed by atoms with van der Waals surface area (Å²) < 4.78 is 11.1. The van der Waals surface area contributed by atoms with Gasteiger partial charge in [0.05, 0.1) is 0 Å².